The lowest BCUT2D eigenvalue weighted by atomic mass is 10.2. The highest BCUT2D eigenvalue weighted by molar-refractivity contribution is 5.85. The lowest BCUT2D eigenvalue weighted by Crippen LogP contribution is -2.47. The van der Waals surface area contributed by atoms with Crippen molar-refractivity contribution >= 4 is 16.7 Å². The Bertz CT molecular complexity index is 1180. The Morgan fingerprint density at radius 1 is 1.03 bits per heavy atom. The average Bonchev–Trinajstić information content (AvgIpc) is 3.48. The van der Waals surface area contributed by atoms with Crippen LogP contribution in [0.15, 0.2) is 49.6 Å². The van der Waals surface area contributed by atoms with Crippen molar-refractivity contribution in [1.29, 1.82) is 0 Å². The minimum absolute atomic E-state index is 0.738. The number of rotatable bonds is 7. The molecule has 0 amide bonds. The molecule has 9 heteroatoms. The summed E-state index contributed by atoms with van der Waals surface area (Å²) in [5.74, 6) is 1.63. The molecule has 0 N–H and O–H groups in total. The standard InChI is InChI=1S/C23H28N8O/c1-18-14-30(21-12-19(4-5-20(18)21)31-16-26-27-17-31)7-3-6-28-8-10-29(11-9-28)23-22(32-2)13-24-15-25-23/h4-5,12-17H,3,6-11H2,1-2H3. The normalized spacial score (nSPS) is 14.9. The molecule has 1 aliphatic rings. The van der Waals surface area contributed by atoms with E-state index in [1.54, 1.807) is 32.3 Å². The third-order valence-corrected chi connectivity index (χ3v) is 6.21. The van der Waals surface area contributed by atoms with Gasteiger partial charge in [0.25, 0.3) is 0 Å². The van der Waals surface area contributed by atoms with Crippen LogP contribution in [0, 0.1) is 6.92 Å². The minimum atomic E-state index is 0.738. The zero-order chi connectivity index (χ0) is 21.9. The molecular formula is C23H28N8O. The van der Waals surface area contributed by atoms with Gasteiger partial charge in [0, 0.05) is 44.3 Å². The van der Waals surface area contributed by atoms with Crippen molar-refractivity contribution in [2.75, 3.05) is 44.7 Å². The zero-order valence-electron chi connectivity index (χ0n) is 18.6. The molecule has 0 unspecified atom stereocenters. The Balaban J connectivity index is 1.20. The van der Waals surface area contributed by atoms with E-state index in [0.717, 1.165) is 62.9 Å². The van der Waals surface area contributed by atoms with Crippen LogP contribution in [0.3, 0.4) is 0 Å². The second-order valence-electron chi connectivity index (χ2n) is 8.17. The summed E-state index contributed by atoms with van der Waals surface area (Å²) in [5.41, 5.74) is 3.65. The van der Waals surface area contributed by atoms with Crippen LogP contribution in [-0.4, -0.2) is 74.0 Å². The minimum Gasteiger partial charge on any atom is -0.491 e. The molecule has 1 aromatic carbocycles. The fourth-order valence-electron chi connectivity index (χ4n) is 4.48. The Hall–Kier alpha value is -3.46. The van der Waals surface area contributed by atoms with Gasteiger partial charge in [-0.25, -0.2) is 9.97 Å². The summed E-state index contributed by atoms with van der Waals surface area (Å²) in [7, 11) is 1.67. The molecule has 1 saturated heterocycles. The molecule has 0 bridgehead atoms. The fourth-order valence-corrected chi connectivity index (χ4v) is 4.48. The van der Waals surface area contributed by atoms with E-state index in [1.807, 2.05) is 4.57 Å². The maximum absolute atomic E-state index is 5.42. The molecule has 166 valence electrons. The SMILES string of the molecule is COc1cncnc1N1CCN(CCCn2cc(C)c3ccc(-n4cnnc4)cc32)CC1. The third-order valence-electron chi connectivity index (χ3n) is 6.21. The first-order valence-corrected chi connectivity index (χ1v) is 11.0. The van der Waals surface area contributed by atoms with Crippen LogP contribution < -0.4 is 9.64 Å². The topological polar surface area (TPSA) is 77.1 Å². The van der Waals surface area contributed by atoms with Crippen LogP contribution in [0.1, 0.15) is 12.0 Å². The number of piperazine rings is 1. The highest BCUT2D eigenvalue weighted by Gasteiger charge is 2.20. The summed E-state index contributed by atoms with van der Waals surface area (Å²) < 4.78 is 9.74. The Labute approximate surface area is 187 Å². The van der Waals surface area contributed by atoms with Crippen molar-refractivity contribution in [2.24, 2.45) is 0 Å². The summed E-state index contributed by atoms with van der Waals surface area (Å²) in [6.07, 6.45) is 10.2. The van der Waals surface area contributed by atoms with Gasteiger partial charge in [-0.15, -0.1) is 10.2 Å². The van der Waals surface area contributed by atoms with E-state index in [1.165, 1.54) is 16.5 Å². The predicted octanol–water partition coefficient (Wildman–Crippen LogP) is 2.54. The highest BCUT2D eigenvalue weighted by Crippen LogP contribution is 2.26. The largest absolute Gasteiger partial charge is 0.491 e. The second-order valence-corrected chi connectivity index (χ2v) is 8.17. The van der Waals surface area contributed by atoms with Gasteiger partial charge in [0.2, 0.25) is 0 Å². The van der Waals surface area contributed by atoms with Crippen LogP contribution in [0.25, 0.3) is 16.6 Å². The molecule has 0 spiro atoms. The molecule has 4 heterocycles. The lowest BCUT2D eigenvalue weighted by Gasteiger charge is -2.35. The number of aromatic nitrogens is 6. The van der Waals surface area contributed by atoms with Gasteiger partial charge in [0.05, 0.1) is 24.5 Å². The van der Waals surface area contributed by atoms with Gasteiger partial charge >= 0.3 is 0 Å². The van der Waals surface area contributed by atoms with Gasteiger partial charge < -0.3 is 14.2 Å². The predicted molar refractivity (Wildman–Crippen MR) is 123 cm³/mol. The molecule has 1 fully saturated rings. The Kier molecular flexibility index (Phi) is 5.72. The number of fused-ring (bicyclic) bond motifs is 1. The van der Waals surface area contributed by atoms with Gasteiger partial charge in [-0.3, -0.25) is 9.47 Å². The number of methoxy groups -OCH3 is 1. The van der Waals surface area contributed by atoms with Crippen molar-refractivity contribution in [3.63, 3.8) is 0 Å². The summed E-state index contributed by atoms with van der Waals surface area (Å²) >= 11 is 0. The Morgan fingerprint density at radius 3 is 2.62 bits per heavy atom. The smallest absolute Gasteiger partial charge is 0.179 e. The number of ether oxygens (including phenoxy) is 1. The van der Waals surface area contributed by atoms with E-state index >= 15 is 0 Å². The van der Waals surface area contributed by atoms with Crippen LogP contribution >= 0.6 is 0 Å². The van der Waals surface area contributed by atoms with Crippen LogP contribution in [0.5, 0.6) is 5.75 Å². The van der Waals surface area contributed by atoms with E-state index < -0.39 is 0 Å². The van der Waals surface area contributed by atoms with E-state index in [9.17, 15) is 0 Å². The van der Waals surface area contributed by atoms with Gasteiger partial charge in [0.15, 0.2) is 11.6 Å². The van der Waals surface area contributed by atoms with Crippen LogP contribution in [-0.2, 0) is 6.54 Å². The number of hydrogen-bond donors (Lipinski definition) is 0. The molecule has 0 atom stereocenters. The molecule has 4 aromatic rings. The summed E-state index contributed by atoms with van der Waals surface area (Å²) in [6, 6.07) is 6.53. The first kappa shape index (κ1) is 20.4. The third kappa shape index (κ3) is 4.03. The number of benzene rings is 1. The van der Waals surface area contributed by atoms with E-state index in [-0.39, 0.29) is 0 Å². The first-order chi connectivity index (χ1) is 15.7. The van der Waals surface area contributed by atoms with Crippen molar-refractivity contribution in [1.82, 2.24) is 34.2 Å². The number of aryl methyl sites for hydroxylation is 2. The second kappa shape index (κ2) is 8.96. The molecule has 0 aliphatic carbocycles. The van der Waals surface area contributed by atoms with Gasteiger partial charge in [-0.2, -0.15) is 0 Å². The Morgan fingerprint density at radius 2 is 1.84 bits per heavy atom. The number of hydrogen-bond acceptors (Lipinski definition) is 7. The van der Waals surface area contributed by atoms with Crippen molar-refractivity contribution < 1.29 is 4.74 Å². The molecule has 9 nitrogen and oxygen atoms in total. The zero-order valence-corrected chi connectivity index (χ0v) is 18.6. The fraction of sp³-hybridized carbons (Fsp3) is 0.391. The van der Waals surface area contributed by atoms with Gasteiger partial charge in [-0.1, -0.05) is 6.07 Å². The quantitative estimate of drug-likeness (QED) is 0.444. The molecule has 1 aliphatic heterocycles. The van der Waals surface area contributed by atoms with Gasteiger partial charge in [-0.05, 0) is 37.6 Å². The van der Waals surface area contributed by atoms with Crippen molar-refractivity contribution in [2.45, 2.75) is 19.9 Å². The van der Waals surface area contributed by atoms with E-state index in [0.29, 0.717) is 0 Å². The average molecular weight is 433 g/mol. The molecular weight excluding hydrogens is 404 g/mol. The molecule has 32 heavy (non-hydrogen) atoms. The van der Waals surface area contributed by atoms with Crippen LogP contribution in [0.4, 0.5) is 5.82 Å². The maximum atomic E-state index is 5.42. The molecule has 5 rings (SSSR count). The monoisotopic (exact) mass is 432 g/mol. The van der Waals surface area contributed by atoms with Crippen molar-refractivity contribution in [3.8, 4) is 11.4 Å². The highest BCUT2D eigenvalue weighted by atomic mass is 16.5. The van der Waals surface area contributed by atoms with Crippen molar-refractivity contribution in [3.05, 3.63) is 55.1 Å². The summed E-state index contributed by atoms with van der Waals surface area (Å²) in [4.78, 5) is 13.3. The van der Waals surface area contributed by atoms with Crippen LogP contribution in [0.2, 0.25) is 0 Å². The first-order valence-electron chi connectivity index (χ1n) is 11.0. The summed E-state index contributed by atoms with van der Waals surface area (Å²) in [6.45, 7) is 8.20. The summed E-state index contributed by atoms with van der Waals surface area (Å²) in [5, 5.41) is 9.15. The number of anilines is 1. The van der Waals surface area contributed by atoms with E-state index in [4.69, 9.17) is 4.74 Å². The lowest BCUT2D eigenvalue weighted by molar-refractivity contribution is 0.249. The molecule has 3 aromatic heterocycles. The van der Waals surface area contributed by atoms with Gasteiger partial charge in [0.1, 0.15) is 19.0 Å². The van der Waals surface area contributed by atoms with E-state index in [2.05, 4.69) is 65.9 Å². The number of nitrogens with zero attached hydrogens (tertiary/aromatic N) is 8. The molecule has 0 radical (unpaired) electrons. The maximum Gasteiger partial charge on any atom is 0.179 e. The molecule has 0 saturated carbocycles.